The minimum atomic E-state index is -5.44. The van der Waals surface area contributed by atoms with Gasteiger partial charge >= 0.3 is 15.4 Å². The Bertz CT molecular complexity index is 616. The van der Waals surface area contributed by atoms with Crippen LogP contribution in [-0.4, -0.2) is 35.7 Å². The lowest BCUT2D eigenvalue weighted by molar-refractivity contribution is 0.0187. The Kier molecular flexibility index (Phi) is 7.22. The minimum Gasteiger partial charge on any atom is -0.389 e. The monoisotopic (exact) mass is 382 g/mol. The molecule has 1 aliphatic rings. The molecule has 1 aliphatic heterocycles. The third-order valence-electron chi connectivity index (χ3n) is 3.64. The van der Waals surface area contributed by atoms with Crippen LogP contribution in [0, 0.1) is 0 Å². The lowest BCUT2D eigenvalue weighted by Gasteiger charge is -2.20. The summed E-state index contributed by atoms with van der Waals surface area (Å²) in [5, 5.41) is 3.97. The van der Waals surface area contributed by atoms with Crippen LogP contribution in [0.25, 0.3) is 0 Å². The quantitative estimate of drug-likeness (QED) is 0.773. The molecule has 1 saturated heterocycles. The second kappa shape index (κ2) is 8.12. The van der Waals surface area contributed by atoms with Gasteiger partial charge in [0.25, 0.3) is 0 Å². The fourth-order valence-electron chi connectivity index (χ4n) is 2.12. The molecule has 0 radical (unpaired) electrons. The van der Waals surface area contributed by atoms with Crippen LogP contribution >= 0.6 is 11.8 Å². The molecule has 0 aromatic heterocycles. The average Bonchev–Trinajstić information content (AvgIpc) is 3.00. The molecule has 24 heavy (non-hydrogen) atoms. The van der Waals surface area contributed by atoms with Crippen molar-refractivity contribution in [3.05, 3.63) is 35.4 Å². The van der Waals surface area contributed by atoms with Crippen LogP contribution < -0.4 is 0 Å². The molecule has 1 aromatic carbocycles. The molecule has 2 N–H and O–H groups in total. The summed E-state index contributed by atoms with van der Waals surface area (Å²) in [6.07, 6.45) is 2.75. The van der Waals surface area contributed by atoms with Gasteiger partial charge in [0.05, 0.1) is 0 Å². The standard InChI is InChI=1S/C14H20S.C2H4F2O4S/c1-14(2,3)12-8-6-11(7-9-12)13-5-4-10-15-13;3-2(4,1-5)9(6,7)8/h6-9,13H,4-5,10H2,1-3H3;5H,1H2,(H,6,7,8). The Morgan fingerprint density at radius 3 is 2.04 bits per heavy atom. The third kappa shape index (κ3) is 5.98. The number of benzene rings is 1. The van der Waals surface area contributed by atoms with Crippen molar-refractivity contribution >= 4 is 21.9 Å². The topological polar surface area (TPSA) is 74.6 Å². The predicted octanol–water partition coefficient (Wildman–Crippen LogP) is 4.01. The van der Waals surface area contributed by atoms with Crippen molar-refractivity contribution in [2.24, 2.45) is 0 Å². The first kappa shape index (κ1) is 21.3. The van der Waals surface area contributed by atoms with Crippen LogP contribution in [-0.2, 0) is 15.5 Å². The Hall–Kier alpha value is -0.700. The van der Waals surface area contributed by atoms with Crippen molar-refractivity contribution in [2.45, 2.75) is 49.5 Å². The van der Waals surface area contributed by atoms with Gasteiger partial charge in [-0.3, -0.25) is 4.55 Å². The Labute approximate surface area is 146 Å². The highest BCUT2D eigenvalue weighted by molar-refractivity contribution is 7.99. The lowest BCUT2D eigenvalue weighted by atomic mass is 9.86. The second-order valence-electron chi connectivity index (χ2n) is 6.64. The number of hydrogen-bond donors (Lipinski definition) is 2. The van der Waals surface area contributed by atoms with Gasteiger partial charge in [-0.25, -0.2) is 0 Å². The minimum absolute atomic E-state index is 0.279. The van der Waals surface area contributed by atoms with Gasteiger partial charge in [0, 0.05) is 5.25 Å². The van der Waals surface area contributed by atoms with Crippen LogP contribution in [0.2, 0.25) is 0 Å². The summed E-state index contributed by atoms with van der Waals surface area (Å²) in [5.41, 5.74) is 3.24. The molecule has 0 spiro atoms. The van der Waals surface area contributed by atoms with E-state index in [2.05, 4.69) is 56.8 Å². The number of aliphatic hydroxyl groups excluding tert-OH is 1. The highest BCUT2D eigenvalue weighted by atomic mass is 32.2. The summed E-state index contributed by atoms with van der Waals surface area (Å²) in [5.74, 6) is 1.34. The third-order valence-corrected chi connectivity index (χ3v) is 5.96. The Balaban J connectivity index is 0.000000277. The van der Waals surface area contributed by atoms with Crippen LogP contribution in [0.4, 0.5) is 8.78 Å². The average molecular weight is 382 g/mol. The molecular weight excluding hydrogens is 358 g/mol. The second-order valence-corrected chi connectivity index (χ2v) is 9.50. The number of aliphatic hydroxyl groups is 1. The normalized spacial score (nSPS) is 18.9. The van der Waals surface area contributed by atoms with Gasteiger partial charge in [-0.2, -0.15) is 29.0 Å². The molecule has 1 unspecified atom stereocenters. The zero-order valence-electron chi connectivity index (χ0n) is 14.0. The molecule has 1 aromatic rings. The number of hydrogen-bond acceptors (Lipinski definition) is 4. The summed E-state index contributed by atoms with van der Waals surface area (Å²) in [7, 11) is -5.44. The maximum Gasteiger partial charge on any atom is 0.392 e. The number of thioether (sulfide) groups is 1. The van der Waals surface area contributed by atoms with E-state index in [0.29, 0.717) is 0 Å². The largest absolute Gasteiger partial charge is 0.392 e. The Morgan fingerprint density at radius 1 is 1.21 bits per heavy atom. The molecule has 0 bridgehead atoms. The van der Waals surface area contributed by atoms with E-state index >= 15 is 0 Å². The van der Waals surface area contributed by atoms with Crippen molar-refractivity contribution in [3.8, 4) is 0 Å². The summed E-state index contributed by atoms with van der Waals surface area (Å²) in [6.45, 7) is 4.90. The van der Waals surface area contributed by atoms with Gasteiger partial charge in [-0.05, 0) is 35.1 Å². The van der Waals surface area contributed by atoms with Gasteiger partial charge in [0.2, 0.25) is 0 Å². The van der Waals surface area contributed by atoms with Crippen LogP contribution in [0.15, 0.2) is 24.3 Å². The zero-order chi connectivity index (χ0) is 18.6. The first-order chi connectivity index (χ1) is 10.9. The maximum atomic E-state index is 11.6. The van der Waals surface area contributed by atoms with E-state index in [1.54, 1.807) is 0 Å². The van der Waals surface area contributed by atoms with E-state index in [-0.39, 0.29) is 5.41 Å². The SMILES string of the molecule is CC(C)(C)c1ccc(C2CCCS2)cc1.O=S(=O)(O)C(F)(F)CO. The van der Waals surface area contributed by atoms with Crippen molar-refractivity contribution in [2.75, 3.05) is 12.4 Å². The van der Waals surface area contributed by atoms with E-state index in [1.165, 1.54) is 29.7 Å². The summed E-state index contributed by atoms with van der Waals surface area (Å²) in [6, 6.07) is 9.25. The molecule has 138 valence electrons. The molecule has 1 heterocycles. The number of rotatable bonds is 3. The van der Waals surface area contributed by atoms with Gasteiger partial charge in [-0.1, -0.05) is 45.0 Å². The molecule has 0 aliphatic carbocycles. The van der Waals surface area contributed by atoms with E-state index in [4.69, 9.17) is 9.66 Å². The fraction of sp³-hybridized carbons (Fsp3) is 0.625. The van der Waals surface area contributed by atoms with Crippen LogP contribution in [0.5, 0.6) is 0 Å². The summed E-state index contributed by atoms with van der Waals surface area (Å²) >= 11 is 2.11. The van der Waals surface area contributed by atoms with E-state index in [0.717, 1.165) is 5.25 Å². The Morgan fingerprint density at radius 2 is 1.75 bits per heavy atom. The van der Waals surface area contributed by atoms with Gasteiger partial charge in [-0.15, -0.1) is 0 Å². The van der Waals surface area contributed by atoms with Crippen LogP contribution in [0.3, 0.4) is 0 Å². The summed E-state index contributed by atoms with van der Waals surface area (Å²) < 4.78 is 49.8. The van der Waals surface area contributed by atoms with Crippen molar-refractivity contribution in [1.29, 1.82) is 0 Å². The van der Waals surface area contributed by atoms with Crippen LogP contribution in [0.1, 0.15) is 50.0 Å². The van der Waals surface area contributed by atoms with Gasteiger partial charge in [0.15, 0.2) is 0 Å². The molecule has 0 saturated carbocycles. The molecule has 8 heteroatoms. The van der Waals surface area contributed by atoms with Crippen molar-refractivity contribution in [3.63, 3.8) is 0 Å². The predicted molar refractivity (Wildman–Crippen MR) is 93.2 cm³/mol. The molecule has 0 amide bonds. The van der Waals surface area contributed by atoms with E-state index < -0.39 is 22.0 Å². The van der Waals surface area contributed by atoms with Crippen molar-refractivity contribution < 1.29 is 26.9 Å². The van der Waals surface area contributed by atoms with Gasteiger partial charge < -0.3 is 5.11 Å². The molecule has 1 atom stereocenters. The first-order valence-corrected chi connectivity index (χ1v) is 10.0. The molecule has 1 fully saturated rings. The zero-order valence-corrected chi connectivity index (χ0v) is 15.6. The smallest absolute Gasteiger partial charge is 0.389 e. The highest BCUT2D eigenvalue weighted by Crippen LogP contribution is 2.40. The summed E-state index contributed by atoms with van der Waals surface area (Å²) in [4.78, 5) is 0. The lowest BCUT2D eigenvalue weighted by Crippen LogP contribution is -2.31. The highest BCUT2D eigenvalue weighted by Gasteiger charge is 2.43. The van der Waals surface area contributed by atoms with Crippen molar-refractivity contribution in [1.82, 2.24) is 0 Å². The molecule has 2 rings (SSSR count). The van der Waals surface area contributed by atoms with E-state index in [9.17, 15) is 17.2 Å². The number of alkyl halides is 2. The first-order valence-electron chi connectivity index (χ1n) is 7.56. The number of halogens is 2. The fourth-order valence-corrected chi connectivity index (χ4v) is 3.58. The molecular formula is C16H24F2O4S2. The van der Waals surface area contributed by atoms with Gasteiger partial charge in [0.1, 0.15) is 6.61 Å². The molecule has 4 nitrogen and oxygen atoms in total. The maximum absolute atomic E-state index is 11.6. The van der Waals surface area contributed by atoms with E-state index in [1.807, 2.05) is 0 Å².